The standard InChI is InChI=1S/C47H31N5O/c1-47(2)38-19-8-6-14-31(38)32-23-21-29(26-39(32)47)44-49-43(28-12-4-3-5-13-28)50-45(51-44)37-17-10-16-35-34-24-22-30(27-41(34)53-42(35)37)52-40-20-9-7-15-33(40)36-18-11-25-48-46(36)52/h3-27H,1-2H3. The number of benzene rings is 6. The number of pyridine rings is 1. The molecule has 6 nitrogen and oxygen atoms in total. The molecule has 4 aromatic heterocycles. The fourth-order valence-electron chi connectivity index (χ4n) is 8.34. The quantitative estimate of drug-likeness (QED) is 0.185. The van der Waals surface area contributed by atoms with E-state index in [4.69, 9.17) is 24.4 Å². The minimum Gasteiger partial charge on any atom is -0.455 e. The van der Waals surface area contributed by atoms with Crippen LogP contribution < -0.4 is 0 Å². The van der Waals surface area contributed by atoms with Gasteiger partial charge >= 0.3 is 0 Å². The molecular weight excluding hydrogens is 651 g/mol. The van der Waals surface area contributed by atoms with Crippen molar-refractivity contribution in [1.82, 2.24) is 24.5 Å². The minimum absolute atomic E-state index is 0.145. The van der Waals surface area contributed by atoms with E-state index >= 15 is 0 Å². The first-order valence-electron chi connectivity index (χ1n) is 17.9. The lowest BCUT2D eigenvalue weighted by Gasteiger charge is -2.21. The van der Waals surface area contributed by atoms with Crippen LogP contribution in [0.25, 0.3) is 94.9 Å². The molecule has 6 heteroatoms. The SMILES string of the molecule is CC1(C)c2ccccc2-c2ccc(-c3nc(-c4ccccc4)nc(-c4cccc5c4oc4cc(-n6c7ccccc7c7cccnc76)ccc45)n3)cc21. The van der Waals surface area contributed by atoms with Crippen LogP contribution in [0.15, 0.2) is 156 Å². The number of hydrogen-bond acceptors (Lipinski definition) is 5. The van der Waals surface area contributed by atoms with Gasteiger partial charge in [-0.05, 0) is 64.7 Å². The van der Waals surface area contributed by atoms with Crippen LogP contribution in [0.5, 0.6) is 0 Å². The summed E-state index contributed by atoms with van der Waals surface area (Å²) in [6, 6.07) is 50.6. The maximum absolute atomic E-state index is 6.78. The molecule has 1 aliphatic carbocycles. The summed E-state index contributed by atoms with van der Waals surface area (Å²) in [5, 5.41) is 4.31. The lowest BCUT2D eigenvalue weighted by molar-refractivity contribution is 0.660. The summed E-state index contributed by atoms with van der Waals surface area (Å²) in [6.45, 7) is 4.59. The van der Waals surface area contributed by atoms with E-state index in [0.717, 1.165) is 60.9 Å². The minimum atomic E-state index is -0.145. The van der Waals surface area contributed by atoms with Gasteiger partial charge in [-0.2, -0.15) is 0 Å². The zero-order valence-corrected chi connectivity index (χ0v) is 29.1. The lowest BCUT2D eigenvalue weighted by Crippen LogP contribution is -2.15. The Labute approximate surface area is 305 Å². The molecule has 1 aliphatic rings. The van der Waals surface area contributed by atoms with E-state index in [0.29, 0.717) is 17.5 Å². The van der Waals surface area contributed by atoms with E-state index in [1.54, 1.807) is 0 Å². The van der Waals surface area contributed by atoms with Crippen LogP contribution in [-0.4, -0.2) is 24.5 Å². The first-order chi connectivity index (χ1) is 26.0. The van der Waals surface area contributed by atoms with Crippen molar-refractivity contribution in [2.45, 2.75) is 19.3 Å². The largest absolute Gasteiger partial charge is 0.455 e. The Morgan fingerprint density at radius 3 is 2.13 bits per heavy atom. The third kappa shape index (κ3) is 4.39. The summed E-state index contributed by atoms with van der Waals surface area (Å²) in [5.41, 5.74) is 12.2. The molecule has 0 atom stereocenters. The molecule has 0 radical (unpaired) electrons. The van der Waals surface area contributed by atoms with Crippen LogP contribution in [0.4, 0.5) is 0 Å². The molecule has 6 aromatic carbocycles. The molecule has 53 heavy (non-hydrogen) atoms. The highest BCUT2D eigenvalue weighted by atomic mass is 16.3. The highest BCUT2D eigenvalue weighted by Gasteiger charge is 2.35. The first-order valence-corrected chi connectivity index (χ1v) is 17.9. The van der Waals surface area contributed by atoms with E-state index in [-0.39, 0.29) is 5.41 Å². The van der Waals surface area contributed by atoms with Crippen LogP contribution in [0.2, 0.25) is 0 Å². The number of nitrogens with zero attached hydrogens (tertiary/aromatic N) is 5. The summed E-state index contributed by atoms with van der Waals surface area (Å²) < 4.78 is 8.99. The van der Waals surface area contributed by atoms with Crippen molar-refractivity contribution in [3.05, 3.63) is 163 Å². The number of hydrogen-bond donors (Lipinski definition) is 0. The van der Waals surface area contributed by atoms with E-state index in [1.165, 1.54) is 27.6 Å². The van der Waals surface area contributed by atoms with Gasteiger partial charge in [0.25, 0.3) is 0 Å². The Hall–Kier alpha value is -6.92. The first kappa shape index (κ1) is 29.8. The predicted molar refractivity (Wildman–Crippen MR) is 213 cm³/mol. The van der Waals surface area contributed by atoms with Crippen LogP contribution >= 0.6 is 0 Å². The molecular formula is C47H31N5O. The van der Waals surface area contributed by atoms with Crippen molar-refractivity contribution < 1.29 is 4.42 Å². The van der Waals surface area contributed by atoms with E-state index in [9.17, 15) is 0 Å². The van der Waals surface area contributed by atoms with Crippen molar-refractivity contribution in [3.8, 4) is 51.0 Å². The number of rotatable bonds is 4. The van der Waals surface area contributed by atoms with Gasteiger partial charge in [-0.3, -0.25) is 4.57 Å². The molecule has 0 fully saturated rings. The molecule has 10 aromatic rings. The predicted octanol–water partition coefficient (Wildman–Crippen LogP) is 11.6. The summed E-state index contributed by atoms with van der Waals surface area (Å²) in [4.78, 5) is 20.1. The Kier molecular flexibility index (Phi) is 6.20. The van der Waals surface area contributed by atoms with Gasteiger partial charge in [-0.1, -0.05) is 111 Å². The fraction of sp³-hybridized carbons (Fsp3) is 0.0638. The van der Waals surface area contributed by atoms with Crippen molar-refractivity contribution in [2.24, 2.45) is 0 Å². The average molecular weight is 682 g/mol. The molecule has 0 spiro atoms. The van der Waals surface area contributed by atoms with E-state index in [1.807, 2.05) is 48.7 Å². The van der Waals surface area contributed by atoms with Gasteiger partial charge in [-0.25, -0.2) is 19.9 Å². The van der Waals surface area contributed by atoms with Gasteiger partial charge in [0.15, 0.2) is 17.5 Å². The molecule has 0 amide bonds. The Morgan fingerprint density at radius 1 is 0.509 bits per heavy atom. The van der Waals surface area contributed by atoms with Gasteiger partial charge in [0.05, 0.1) is 16.8 Å². The highest BCUT2D eigenvalue weighted by Crippen LogP contribution is 2.49. The van der Waals surface area contributed by atoms with Crippen molar-refractivity contribution in [3.63, 3.8) is 0 Å². The second-order valence-corrected chi connectivity index (χ2v) is 14.3. The lowest BCUT2D eigenvalue weighted by atomic mass is 9.82. The van der Waals surface area contributed by atoms with Gasteiger partial charge < -0.3 is 4.42 Å². The van der Waals surface area contributed by atoms with Gasteiger partial charge in [0.2, 0.25) is 0 Å². The number of aromatic nitrogens is 5. The molecule has 4 heterocycles. The maximum atomic E-state index is 6.78. The molecule has 0 unspecified atom stereocenters. The Bertz CT molecular complexity index is 3050. The summed E-state index contributed by atoms with van der Waals surface area (Å²) >= 11 is 0. The normalized spacial score (nSPS) is 13.2. The van der Waals surface area contributed by atoms with Crippen molar-refractivity contribution >= 4 is 43.9 Å². The van der Waals surface area contributed by atoms with Crippen LogP contribution in [0.3, 0.4) is 0 Å². The van der Waals surface area contributed by atoms with Gasteiger partial charge in [0.1, 0.15) is 16.8 Å². The third-order valence-electron chi connectivity index (χ3n) is 10.9. The van der Waals surface area contributed by atoms with Crippen molar-refractivity contribution in [1.29, 1.82) is 0 Å². The van der Waals surface area contributed by atoms with E-state index in [2.05, 4.69) is 122 Å². The molecule has 0 aliphatic heterocycles. The number of para-hydroxylation sites is 2. The highest BCUT2D eigenvalue weighted by molar-refractivity contribution is 6.11. The average Bonchev–Trinajstić information content (AvgIpc) is 3.83. The third-order valence-corrected chi connectivity index (χ3v) is 10.9. The zero-order chi connectivity index (χ0) is 35.3. The summed E-state index contributed by atoms with van der Waals surface area (Å²) in [7, 11) is 0. The smallest absolute Gasteiger partial charge is 0.167 e. The van der Waals surface area contributed by atoms with Gasteiger partial charge in [-0.15, -0.1) is 0 Å². The monoisotopic (exact) mass is 681 g/mol. The van der Waals surface area contributed by atoms with Crippen LogP contribution in [0, 0.1) is 0 Å². The Balaban J connectivity index is 1.09. The summed E-state index contributed by atoms with van der Waals surface area (Å²) in [5.74, 6) is 1.80. The van der Waals surface area contributed by atoms with Crippen LogP contribution in [0.1, 0.15) is 25.0 Å². The van der Waals surface area contributed by atoms with Crippen molar-refractivity contribution in [2.75, 3.05) is 0 Å². The second-order valence-electron chi connectivity index (χ2n) is 14.3. The topological polar surface area (TPSA) is 69.6 Å². The fourth-order valence-corrected chi connectivity index (χ4v) is 8.34. The number of furan rings is 1. The van der Waals surface area contributed by atoms with Crippen LogP contribution in [-0.2, 0) is 5.41 Å². The van der Waals surface area contributed by atoms with Gasteiger partial charge in [0, 0.05) is 50.4 Å². The zero-order valence-electron chi connectivity index (χ0n) is 29.1. The summed E-state index contributed by atoms with van der Waals surface area (Å²) in [6.07, 6.45) is 1.85. The van der Waals surface area contributed by atoms with E-state index < -0.39 is 0 Å². The molecule has 11 rings (SSSR count). The molecule has 0 N–H and O–H groups in total. The molecule has 0 bridgehead atoms. The molecule has 0 saturated carbocycles. The maximum Gasteiger partial charge on any atom is 0.167 e. The molecule has 250 valence electrons. The second kappa shape index (κ2) is 11.0. The number of fused-ring (bicyclic) bond motifs is 9. The molecule has 0 saturated heterocycles. The Morgan fingerprint density at radius 2 is 1.23 bits per heavy atom.